The van der Waals surface area contributed by atoms with Gasteiger partial charge in [0.15, 0.2) is 0 Å². The van der Waals surface area contributed by atoms with E-state index in [4.69, 9.17) is 14.5 Å². The van der Waals surface area contributed by atoms with E-state index in [9.17, 15) is 29.6 Å². The van der Waals surface area contributed by atoms with Gasteiger partial charge in [-0.2, -0.15) is 4.89 Å². The summed E-state index contributed by atoms with van der Waals surface area (Å²) in [5.41, 5.74) is 0.0569. The molecule has 0 spiro atoms. The third-order valence-electron chi connectivity index (χ3n) is 5.42. The van der Waals surface area contributed by atoms with Crippen LogP contribution in [0.25, 0.3) is 0 Å². The number of non-ortho nitro benzene ring substituents is 1. The van der Waals surface area contributed by atoms with Gasteiger partial charge in [0, 0.05) is 18.1 Å². The van der Waals surface area contributed by atoms with Gasteiger partial charge in [0.05, 0.1) is 34.7 Å². The number of hydrogen-bond acceptors (Lipinski definition) is 9. The van der Waals surface area contributed by atoms with Crippen molar-refractivity contribution in [1.29, 1.82) is 0 Å². The maximum Gasteiger partial charge on any atom is 0.371 e. The summed E-state index contributed by atoms with van der Waals surface area (Å²) in [4.78, 5) is 59.3. The van der Waals surface area contributed by atoms with Crippen molar-refractivity contribution in [2.45, 2.75) is 52.6 Å². The molecule has 1 N–H and O–H groups in total. The molecule has 11 nitrogen and oxygen atoms in total. The quantitative estimate of drug-likeness (QED) is 0.206. The molecule has 0 unspecified atom stereocenters. The van der Waals surface area contributed by atoms with Gasteiger partial charge in [-0.3, -0.25) is 19.8 Å². The maximum atomic E-state index is 12.9. The standard InChI is InChI=1S/C21H24N2O9/c1-10(2)31-32-20(26)15-11(3)17-16(12(4)24)19(25)22(17)18(15)21(27)30-9-13-5-7-14(8-6-13)23(28)29/h5-8,10-12,16-17,24H,9H2,1-4H3/t11-,12-,16-,17-/m1/s1. The number of hydrogen-bond donors (Lipinski definition) is 1. The number of amides is 1. The highest BCUT2D eigenvalue weighted by Crippen LogP contribution is 2.47. The lowest BCUT2D eigenvalue weighted by Gasteiger charge is -2.46. The summed E-state index contributed by atoms with van der Waals surface area (Å²) >= 11 is 0. The van der Waals surface area contributed by atoms with E-state index >= 15 is 0 Å². The van der Waals surface area contributed by atoms with E-state index in [1.807, 2.05) is 0 Å². The molecule has 0 radical (unpaired) electrons. The Morgan fingerprint density at radius 3 is 2.34 bits per heavy atom. The van der Waals surface area contributed by atoms with Crippen LogP contribution in [0.1, 0.15) is 33.3 Å². The Balaban J connectivity index is 1.84. The highest BCUT2D eigenvalue weighted by atomic mass is 17.2. The number of aliphatic hydroxyl groups excluding tert-OH is 1. The molecule has 0 saturated carbocycles. The molecule has 0 bridgehead atoms. The Morgan fingerprint density at radius 1 is 1.19 bits per heavy atom. The molecule has 0 aromatic heterocycles. The molecular weight excluding hydrogens is 424 g/mol. The van der Waals surface area contributed by atoms with Crippen molar-refractivity contribution in [2.75, 3.05) is 0 Å². The Morgan fingerprint density at radius 2 is 1.81 bits per heavy atom. The predicted octanol–water partition coefficient (Wildman–Crippen LogP) is 1.63. The van der Waals surface area contributed by atoms with Gasteiger partial charge >= 0.3 is 11.9 Å². The van der Waals surface area contributed by atoms with Crippen molar-refractivity contribution >= 4 is 23.5 Å². The number of rotatable bonds is 8. The molecule has 2 aliphatic rings. The fourth-order valence-electron chi connectivity index (χ4n) is 3.94. The smallest absolute Gasteiger partial charge is 0.371 e. The van der Waals surface area contributed by atoms with Crippen LogP contribution in [0, 0.1) is 22.0 Å². The molecule has 172 valence electrons. The molecule has 2 heterocycles. The zero-order chi connectivity index (χ0) is 23.7. The molecule has 1 fully saturated rings. The van der Waals surface area contributed by atoms with E-state index in [0.717, 1.165) is 4.90 Å². The first-order valence-electron chi connectivity index (χ1n) is 10.1. The minimum Gasteiger partial charge on any atom is -0.456 e. The highest BCUT2D eigenvalue weighted by molar-refractivity contribution is 6.07. The van der Waals surface area contributed by atoms with Gasteiger partial charge in [-0.1, -0.05) is 6.92 Å². The average Bonchev–Trinajstić information content (AvgIpc) is 2.98. The van der Waals surface area contributed by atoms with Crippen molar-refractivity contribution in [3.05, 3.63) is 51.2 Å². The van der Waals surface area contributed by atoms with Crippen LogP contribution in [0.3, 0.4) is 0 Å². The van der Waals surface area contributed by atoms with Crippen molar-refractivity contribution < 1.29 is 38.9 Å². The number of ether oxygens (including phenoxy) is 1. The van der Waals surface area contributed by atoms with Crippen LogP contribution in [0.5, 0.6) is 0 Å². The average molecular weight is 448 g/mol. The number of nitro benzene ring substituents is 1. The van der Waals surface area contributed by atoms with E-state index in [1.165, 1.54) is 31.2 Å². The first-order chi connectivity index (χ1) is 15.0. The van der Waals surface area contributed by atoms with Crippen LogP contribution in [-0.2, 0) is 35.5 Å². The van der Waals surface area contributed by atoms with Crippen LogP contribution >= 0.6 is 0 Å². The molecule has 1 saturated heterocycles. The third kappa shape index (κ3) is 4.21. The normalized spacial score (nSPS) is 23.0. The van der Waals surface area contributed by atoms with Crippen molar-refractivity contribution in [1.82, 2.24) is 4.90 Å². The van der Waals surface area contributed by atoms with Crippen molar-refractivity contribution in [2.24, 2.45) is 11.8 Å². The van der Waals surface area contributed by atoms with Gasteiger partial charge in [0.25, 0.3) is 5.69 Å². The number of esters is 1. The minimum atomic E-state index is -0.967. The lowest BCUT2D eigenvalue weighted by Crippen LogP contribution is -2.63. The molecule has 11 heteroatoms. The summed E-state index contributed by atoms with van der Waals surface area (Å²) in [7, 11) is 0. The van der Waals surface area contributed by atoms with Gasteiger partial charge in [-0.05, 0) is 38.5 Å². The molecule has 1 amide bonds. The zero-order valence-electron chi connectivity index (χ0n) is 18.0. The fraction of sp³-hybridized carbons (Fsp3) is 0.476. The van der Waals surface area contributed by atoms with E-state index in [2.05, 4.69) is 0 Å². The molecule has 4 atom stereocenters. The van der Waals surface area contributed by atoms with Crippen molar-refractivity contribution in [3.8, 4) is 0 Å². The first-order valence-corrected chi connectivity index (χ1v) is 10.1. The molecule has 2 aliphatic heterocycles. The van der Waals surface area contributed by atoms with Gasteiger partial charge in [0.2, 0.25) is 5.91 Å². The third-order valence-corrected chi connectivity index (χ3v) is 5.42. The van der Waals surface area contributed by atoms with Crippen LogP contribution in [-0.4, -0.2) is 51.0 Å². The second-order valence-corrected chi connectivity index (χ2v) is 8.03. The monoisotopic (exact) mass is 448 g/mol. The predicted molar refractivity (Wildman–Crippen MR) is 107 cm³/mol. The summed E-state index contributed by atoms with van der Waals surface area (Å²) in [5, 5.41) is 20.7. The summed E-state index contributed by atoms with van der Waals surface area (Å²) in [6.45, 7) is 6.20. The molecule has 1 aromatic rings. The number of carbonyl (C=O) groups excluding carboxylic acids is 3. The van der Waals surface area contributed by atoms with E-state index < -0.39 is 52.9 Å². The number of β-lactam (4-membered cyclic amide) rings is 1. The van der Waals surface area contributed by atoms with Crippen LogP contribution < -0.4 is 0 Å². The molecule has 32 heavy (non-hydrogen) atoms. The molecule has 1 aromatic carbocycles. The number of carbonyl (C=O) groups is 3. The largest absolute Gasteiger partial charge is 0.456 e. The molecule has 3 rings (SSSR count). The van der Waals surface area contributed by atoms with Crippen molar-refractivity contribution in [3.63, 3.8) is 0 Å². The van der Waals surface area contributed by atoms with E-state index in [0.29, 0.717) is 5.56 Å². The Labute approximate surface area is 183 Å². The van der Waals surface area contributed by atoms with E-state index in [1.54, 1.807) is 20.8 Å². The fourth-order valence-corrected chi connectivity index (χ4v) is 3.94. The topological polar surface area (TPSA) is 146 Å². The summed E-state index contributed by atoms with van der Waals surface area (Å²) < 4.78 is 5.29. The second-order valence-electron chi connectivity index (χ2n) is 8.03. The second kappa shape index (κ2) is 9.05. The number of benzene rings is 1. The zero-order valence-corrected chi connectivity index (χ0v) is 18.0. The Kier molecular flexibility index (Phi) is 6.60. The first kappa shape index (κ1) is 23.4. The highest BCUT2D eigenvalue weighted by Gasteiger charge is 2.61. The van der Waals surface area contributed by atoms with Crippen LogP contribution in [0.4, 0.5) is 5.69 Å². The maximum absolute atomic E-state index is 12.9. The van der Waals surface area contributed by atoms with Gasteiger partial charge < -0.3 is 14.7 Å². The van der Waals surface area contributed by atoms with E-state index in [-0.39, 0.29) is 23.6 Å². The van der Waals surface area contributed by atoms with Gasteiger partial charge in [0.1, 0.15) is 12.3 Å². The number of fused-ring (bicyclic) bond motifs is 1. The lowest BCUT2D eigenvalue weighted by molar-refractivity contribution is -0.384. The SMILES string of the molecule is CC(C)OOC(=O)C1=C(C(=O)OCc2ccc([N+](=O)[O-])cc2)N2C(=O)[C@H]([C@@H](C)O)[C@H]2[C@@H]1C. The Hall–Kier alpha value is -3.31. The summed E-state index contributed by atoms with van der Waals surface area (Å²) in [6.07, 6.45) is -1.39. The molecule has 0 aliphatic carbocycles. The number of nitro groups is 1. The Bertz CT molecular complexity index is 968. The summed E-state index contributed by atoms with van der Waals surface area (Å²) in [5.74, 6) is -3.70. The number of aliphatic hydroxyl groups is 1. The number of nitrogens with zero attached hydrogens (tertiary/aromatic N) is 2. The molecular formula is C21H24N2O9. The minimum absolute atomic E-state index is 0.0687. The van der Waals surface area contributed by atoms with Crippen LogP contribution in [0.2, 0.25) is 0 Å². The van der Waals surface area contributed by atoms with Gasteiger partial charge in [-0.25, -0.2) is 9.59 Å². The lowest BCUT2D eigenvalue weighted by atomic mass is 9.78. The van der Waals surface area contributed by atoms with Gasteiger partial charge in [-0.15, -0.1) is 0 Å². The summed E-state index contributed by atoms with van der Waals surface area (Å²) in [6, 6.07) is 4.82. The van der Waals surface area contributed by atoms with Crippen LogP contribution in [0.15, 0.2) is 35.5 Å².